The number of methoxy groups -OCH3 is 1. The van der Waals surface area contributed by atoms with Crippen LogP contribution in [-0.2, 0) is 21.2 Å². The summed E-state index contributed by atoms with van der Waals surface area (Å²) in [7, 11) is -1.48. The van der Waals surface area contributed by atoms with Gasteiger partial charge >= 0.3 is 5.97 Å². The van der Waals surface area contributed by atoms with Gasteiger partial charge in [-0.25, -0.2) is 13.2 Å². The first-order chi connectivity index (χ1) is 13.8. The summed E-state index contributed by atoms with van der Waals surface area (Å²) in [6.07, 6.45) is 0.575. The van der Waals surface area contributed by atoms with E-state index in [0.717, 1.165) is 0 Å². The SMILES string of the molecule is COc1ccc(C(C)=O)cc1COC(=O)c1ccccc1SC1CCS(=O)(=O)C1. The molecule has 1 unspecified atom stereocenters. The van der Waals surface area contributed by atoms with Gasteiger partial charge in [-0.3, -0.25) is 4.79 Å². The van der Waals surface area contributed by atoms with E-state index in [1.54, 1.807) is 36.4 Å². The minimum absolute atomic E-state index is 0.0417. The van der Waals surface area contributed by atoms with Gasteiger partial charge in [0.05, 0.1) is 24.2 Å². The number of carbonyl (C=O) groups excluding carboxylic acids is 2. The standard InChI is InChI=1S/C21H22O6S2/c1-14(22)15-7-8-19(26-2)16(11-15)12-27-21(23)18-5-3-4-6-20(18)28-17-9-10-29(24,25)13-17/h3-8,11,17H,9-10,12-13H2,1-2H3. The third-order valence-corrected chi connectivity index (χ3v) is 7.96. The number of rotatable bonds is 7. The van der Waals surface area contributed by atoms with E-state index in [0.29, 0.717) is 33.8 Å². The Morgan fingerprint density at radius 1 is 1.17 bits per heavy atom. The maximum atomic E-state index is 12.7. The largest absolute Gasteiger partial charge is 0.496 e. The number of Topliss-reactive ketones (excluding diaryl/α,β-unsaturated/α-hetero) is 1. The maximum Gasteiger partial charge on any atom is 0.339 e. The normalized spacial score (nSPS) is 17.7. The Morgan fingerprint density at radius 2 is 1.93 bits per heavy atom. The number of esters is 1. The summed E-state index contributed by atoms with van der Waals surface area (Å²) < 4.78 is 34.2. The molecule has 1 atom stereocenters. The Kier molecular flexibility index (Phi) is 6.64. The quantitative estimate of drug-likeness (QED) is 0.487. The van der Waals surface area contributed by atoms with Gasteiger partial charge in [-0.05, 0) is 43.7 Å². The first-order valence-electron chi connectivity index (χ1n) is 9.10. The molecule has 1 aliphatic heterocycles. The summed E-state index contributed by atoms with van der Waals surface area (Å²) in [6.45, 7) is 1.42. The monoisotopic (exact) mass is 434 g/mol. The topological polar surface area (TPSA) is 86.7 Å². The van der Waals surface area contributed by atoms with Crippen molar-refractivity contribution >= 4 is 33.4 Å². The molecule has 0 bridgehead atoms. The van der Waals surface area contributed by atoms with Crippen molar-refractivity contribution in [2.24, 2.45) is 0 Å². The van der Waals surface area contributed by atoms with Crippen LogP contribution in [0, 0.1) is 0 Å². The molecule has 2 aromatic carbocycles. The molecule has 29 heavy (non-hydrogen) atoms. The van der Waals surface area contributed by atoms with Crippen LogP contribution in [0.5, 0.6) is 5.75 Å². The molecular weight excluding hydrogens is 412 g/mol. The third-order valence-electron chi connectivity index (χ3n) is 4.64. The van der Waals surface area contributed by atoms with Crippen LogP contribution in [0.4, 0.5) is 0 Å². The van der Waals surface area contributed by atoms with Crippen molar-refractivity contribution < 1.29 is 27.5 Å². The first kappa shape index (κ1) is 21.4. The zero-order chi connectivity index (χ0) is 21.0. The Labute approximate surface area is 174 Å². The fraction of sp³-hybridized carbons (Fsp3) is 0.333. The lowest BCUT2D eigenvalue weighted by Crippen LogP contribution is -2.10. The van der Waals surface area contributed by atoms with Gasteiger partial charge in [0.15, 0.2) is 15.6 Å². The molecule has 6 nitrogen and oxygen atoms in total. The van der Waals surface area contributed by atoms with E-state index >= 15 is 0 Å². The van der Waals surface area contributed by atoms with Crippen LogP contribution in [0.15, 0.2) is 47.4 Å². The van der Waals surface area contributed by atoms with Gasteiger partial charge in [0.25, 0.3) is 0 Å². The van der Waals surface area contributed by atoms with Gasteiger partial charge in [0.2, 0.25) is 0 Å². The van der Waals surface area contributed by atoms with Gasteiger partial charge in [-0.15, -0.1) is 11.8 Å². The molecule has 8 heteroatoms. The van der Waals surface area contributed by atoms with Crippen LogP contribution in [0.3, 0.4) is 0 Å². The molecule has 0 radical (unpaired) electrons. The number of hydrogen-bond acceptors (Lipinski definition) is 7. The van der Waals surface area contributed by atoms with Gasteiger partial charge in [-0.2, -0.15) is 0 Å². The van der Waals surface area contributed by atoms with Crippen molar-refractivity contribution in [2.75, 3.05) is 18.6 Å². The molecule has 2 aromatic rings. The summed E-state index contributed by atoms with van der Waals surface area (Å²) in [5, 5.41) is -0.0682. The lowest BCUT2D eigenvalue weighted by molar-refractivity contribution is 0.0466. The molecule has 1 saturated heterocycles. The molecule has 0 aliphatic carbocycles. The highest BCUT2D eigenvalue weighted by molar-refractivity contribution is 8.02. The minimum Gasteiger partial charge on any atom is -0.496 e. The average molecular weight is 435 g/mol. The Morgan fingerprint density at radius 3 is 2.59 bits per heavy atom. The number of benzene rings is 2. The molecule has 154 valence electrons. The lowest BCUT2D eigenvalue weighted by Gasteiger charge is -2.13. The van der Waals surface area contributed by atoms with E-state index in [-0.39, 0.29) is 29.1 Å². The lowest BCUT2D eigenvalue weighted by atomic mass is 10.1. The number of ketones is 1. The predicted molar refractivity (Wildman–Crippen MR) is 111 cm³/mol. The molecule has 0 N–H and O–H groups in total. The molecule has 0 amide bonds. The second-order valence-electron chi connectivity index (χ2n) is 6.80. The second-order valence-corrected chi connectivity index (χ2v) is 10.4. The zero-order valence-corrected chi connectivity index (χ0v) is 17.8. The summed E-state index contributed by atoms with van der Waals surface area (Å²) in [5.74, 6) is 0.235. The Balaban J connectivity index is 1.74. The molecule has 0 spiro atoms. The Bertz CT molecular complexity index is 1030. The molecule has 1 aliphatic rings. The van der Waals surface area contributed by atoms with E-state index in [4.69, 9.17) is 9.47 Å². The minimum atomic E-state index is -2.99. The Hall–Kier alpha value is -2.32. The summed E-state index contributed by atoms with van der Waals surface area (Å²) in [4.78, 5) is 25.0. The van der Waals surface area contributed by atoms with Crippen molar-refractivity contribution in [1.29, 1.82) is 0 Å². The highest BCUT2D eigenvalue weighted by Crippen LogP contribution is 2.33. The van der Waals surface area contributed by atoms with E-state index < -0.39 is 15.8 Å². The predicted octanol–water partition coefficient (Wildman–Crippen LogP) is 3.53. The highest BCUT2D eigenvalue weighted by atomic mass is 32.2. The van der Waals surface area contributed by atoms with E-state index in [1.807, 2.05) is 6.07 Å². The van der Waals surface area contributed by atoms with E-state index in [2.05, 4.69) is 0 Å². The summed E-state index contributed by atoms with van der Waals surface area (Å²) in [6, 6.07) is 12.0. The van der Waals surface area contributed by atoms with Gasteiger partial charge in [0.1, 0.15) is 12.4 Å². The fourth-order valence-corrected chi connectivity index (χ4v) is 6.72. The van der Waals surface area contributed by atoms with E-state index in [9.17, 15) is 18.0 Å². The van der Waals surface area contributed by atoms with Crippen molar-refractivity contribution in [3.05, 3.63) is 59.2 Å². The smallest absolute Gasteiger partial charge is 0.339 e. The van der Waals surface area contributed by atoms with Crippen molar-refractivity contribution in [2.45, 2.75) is 30.1 Å². The van der Waals surface area contributed by atoms with Crippen molar-refractivity contribution in [3.63, 3.8) is 0 Å². The molecule has 1 fully saturated rings. The zero-order valence-electron chi connectivity index (χ0n) is 16.2. The van der Waals surface area contributed by atoms with Crippen LogP contribution < -0.4 is 4.74 Å². The summed E-state index contributed by atoms with van der Waals surface area (Å²) in [5.41, 5.74) is 1.50. The van der Waals surface area contributed by atoms with Crippen LogP contribution in [0.1, 0.15) is 39.6 Å². The van der Waals surface area contributed by atoms with E-state index in [1.165, 1.54) is 25.8 Å². The molecule has 0 aromatic heterocycles. The molecule has 3 rings (SSSR count). The third kappa shape index (κ3) is 5.39. The number of ether oxygens (including phenoxy) is 2. The number of hydrogen-bond donors (Lipinski definition) is 0. The van der Waals surface area contributed by atoms with Crippen LogP contribution in [0.2, 0.25) is 0 Å². The van der Waals surface area contributed by atoms with Gasteiger partial charge < -0.3 is 9.47 Å². The number of carbonyl (C=O) groups is 2. The number of thioether (sulfide) groups is 1. The van der Waals surface area contributed by atoms with Crippen LogP contribution in [-0.4, -0.2) is 44.0 Å². The van der Waals surface area contributed by atoms with Crippen molar-refractivity contribution in [3.8, 4) is 5.75 Å². The second kappa shape index (κ2) is 9.00. The molecule has 1 heterocycles. The molecule has 0 saturated carbocycles. The molecular formula is C21H22O6S2. The average Bonchev–Trinajstić information content (AvgIpc) is 3.04. The van der Waals surface area contributed by atoms with Crippen LogP contribution in [0.25, 0.3) is 0 Å². The van der Waals surface area contributed by atoms with Crippen molar-refractivity contribution in [1.82, 2.24) is 0 Å². The summed E-state index contributed by atoms with van der Waals surface area (Å²) >= 11 is 1.39. The van der Waals surface area contributed by atoms with Gasteiger partial charge in [-0.1, -0.05) is 12.1 Å². The highest BCUT2D eigenvalue weighted by Gasteiger charge is 2.29. The van der Waals surface area contributed by atoms with Crippen LogP contribution >= 0.6 is 11.8 Å². The first-order valence-corrected chi connectivity index (χ1v) is 11.8. The van der Waals surface area contributed by atoms with Gasteiger partial charge in [0, 0.05) is 21.3 Å². The maximum absolute atomic E-state index is 12.7. The fourth-order valence-electron chi connectivity index (χ4n) is 3.10. The number of sulfone groups is 1.